The van der Waals surface area contributed by atoms with Crippen LogP contribution in [0.15, 0.2) is 60.7 Å². The normalized spacial score (nSPS) is 15.5. The third kappa shape index (κ3) is 4.83. The number of hydrogen-bond donors (Lipinski definition) is 2. The van der Waals surface area contributed by atoms with Crippen molar-refractivity contribution < 1.29 is 4.90 Å². The molecule has 2 aromatic carbocycles. The molecule has 0 amide bonds. The largest absolute Gasteiger partial charge is 0.362 e. The van der Waals surface area contributed by atoms with E-state index < -0.39 is 0 Å². The van der Waals surface area contributed by atoms with E-state index >= 15 is 0 Å². The smallest absolute Gasteiger partial charge is 0.169 e. The maximum absolute atomic E-state index is 5.59. The SMILES string of the molecule is CC(C)CNC(=S)N1CC[NH+](C(c2ccccc2)c2ccccc2)CC1. The predicted molar refractivity (Wildman–Crippen MR) is 112 cm³/mol. The zero-order valence-electron chi connectivity index (χ0n) is 15.8. The zero-order chi connectivity index (χ0) is 18.4. The highest BCUT2D eigenvalue weighted by Gasteiger charge is 2.30. The molecule has 1 heterocycles. The van der Waals surface area contributed by atoms with Gasteiger partial charge in [0.05, 0.1) is 26.2 Å². The average molecular weight is 369 g/mol. The van der Waals surface area contributed by atoms with Crippen molar-refractivity contribution in [2.45, 2.75) is 19.9 Å². The van der Waals surface area contributed by atoms with Crippen LogP contribution in [0.4, 0.5) is 0 Å². The molecule has 3 nitrogen and oxygen atoms in total. The molecule has 2 aromatic rings. The number of piperazine rings is 1. The molecule has 0 aromatic heterocycles. The first-order valence-corrected chi connectivity index (χ1v) is 10.0. The monoisotopic (exact) mass is 368 g/mol. The minimum atomic E-state index is 0.386. The number of thiocarbonyl (C=S) groups is 1. The molecule has 0 unspecified atom stereocenters. The number of quaternary nitrogens is 1. The second-order valence-electron chi connectivity index (χ2n) is 7.48. The van der Waals surface area contributed by atoms with E-state index in [1.807, 2.05) is 0 Å². The third-order valence-electron chi connectivity index (χ3n) is 5.03. The Balaban J connectivity index is 1.69. The van der Waals surface area contributed by atoms with Crippen molar-refractivity contribution in [2.75, 3.05) is 32.7 Å². The zero-order valence-corrected chi connectivity index (χ0v) is 16.6. The van der Waals surface area contributed by atoms with Gasteiger partial charge in [-0.05, 0) is 18.1 Å². The highest BCUT2D eigenvalue weighted by Crippen LogP contribution is 2.19. The molecule has 1 aliphatic heterocycles. The summed E-state index contributed by atoms with van der Waals surface area (Å²) in [7, 11) is 0. The molecule has 0 spiro atoms. The van der Waals surface area contributed by atoms with Gasteiger partial charge < -0.3 is 15.1 Å². The number of benzene rings is 2. The molecule has 0 saturated carbocycles. The van der Waals surface area contributed by atoms with Gasteiger partial charge >= 0.3 is 0 Å². The standard InChI is InChI=1S/C22H29N3S/c1-18(2)17-23-22(26)25-15-13-24(14-16-25)21(19-9-5-3-6-10-19)20-11-7-4-8-12-20/h3-12,18,21H,13-17H2,1-2H3,(H,23,26)/p+1. The lowest BCUT2D eigenvalue weighted by Gasteiger charge is -2.38. The summed E-state index contributed by atoms with van der Waals surface area (Å²) < 4.78 is 0. The van der Waals surface area contributed by atoms with Crippen molar-refractivity contribution in [1.29, 1.82) is 0 Å². The quantitative estimate of drug-likeness (QED) is 0.791. The van der Waals surface area contributed by atoms with Crippen molar-refractivity contribution in [2.24, 2.45) is 5.92 Å². The summed E-state index contributed by atoms with van der Waals surface area (Å²) >= 11 is 5.59. The Kier molecular flexibility index (Phi) is 6.64. The van der Waals surface area contributed by atoms with Gasteiger partial charge in [-0.25, -0.2) is 0 Å². The van der Waals surface area contributed by atoms with Gasteiger partial charge in [-0.15, -0.1) is 0 Å². The van der Waals surface area contributed by atoms with E-state index in [0.29, 0.717) is 12.0 Å². The van der Waals surface area contributed by atoms with E-state index in [0.717, 1.165) is 37.8 Å². The number of nitrogens with zero attached hydrogens (tertiary/aromatic N) is 1. The van der Waals surface area contributed by atoms with Crippen LogP contribution >= 0.6 is 12.2 Å². The van der Waals surface area contributed by atoms with E-state index in [2.05, 4.69) is 84.7 Å². The van der Waals surface area contributed by atoms with E-state index in [-0.39, 0.29) is 0 Å². The summed E-state index contributed by atoms with van der Waals surface area (Å²) in [5, 5.41) is 4.32. The molecule has 0 radical (unpaired) electrons. The maximum atomic E-state index is 5.59. The minimum Gasteiger partial charge on any atom is -0.362 e. The predicted octanol–water partition coefficient (Wildman–Crippen LogP) is 2.51. The maximum Gasteiger partial charge on any atom is 0.169 e. The third-order valence-corrected chi connectivity index (χ3v) is 5.43. The molecule has 1 saturated heterocycles. The van der Waals surface area contributed by atoms with Crippen molar-refractivity contribution in [3.63, 3.8) is 0 Å². The lowest BCUT2D eigenvalue weighted by Crippen LogP contribution is -3.15. The number of hydrogen-bond acceptors (Lipinski definition) is 1. The van der Waals surface area contributed by atoms with Crippen molar-refractivity contribution in [3.8, 4) is 0 Å². The van der Waals surface area contributed by atoms with Crippen LogP contribution in [-0.4, -0.2) is 42.7 Å². The van der Waals surface area contributed by atoms with Crippen LogP contribution < -0.4 is 10.2 Å². The van der Waals surface area contributed by atoms with E-state index in [9.17, 15) is 0 Å². The van der Waals surface area contributed by atoms with E-state index in [4.69, 9.17) is 12.2 Å². The molecule has 4 heteroatoms. The second-order valence-corrected chi connectivity index (χ2v) is 7.87. The first-order chi connectivity index (χ1) is 12.6. The molecule has 0 atom stereocenters. The van der Waals surface area contributed by atoms with Crippen LogP contribution in [0, 0.1) is 5.92 Å². The summed E-state index contributed by atoms with van der Waals surface area (Å²) in [6.45, 7) is 9.58. The minimum absolute atomic E-state index is 0.386. The summed E-state index contributed by atoms with van der Waals surface area (Å²) in [6.07, 6.45) is 0. The number of nitrogens with one attached hydrogen (secondary N) is 2. The van der Waals surface area contributed by atoms with Gasteiger partial charge in [0, 0.05) is 17.7 Å². The summed E-state index contributed by atoms with van der Waals surface area (Å²) in [4.78, 5) is 3.94. The Morgan fingerprint density at radius 3 is 1.92 bits per heavy atom. The first-order valence-electron chi connectivity index (χ1n) is 9.62. The van der Waals surface area contributed by atoms with Gasteiger partial charge in [-0.3, -0.25) is 0 Å². The Bertz CT molecular complexity index is 640. The first kappa shape index (κ1) is 18.9. The van der Waals surface area contributed by atoms with Gasteiger partial charge in [0.2, 0.25) is 0 Å². The van der Waals surface area contributed by atoms with Gasteiger partial charge in [0.15, 0.2) is 5.11 Å². The van der Waals surface area contributed by atoms with Crippen LogP contribution in [0.5, 0.6) is 0 Å². The molecule has 0 aliphatic carbocycles. The topological polar surface area (TPSA) is 19.7 Å². The molecular weight excluding hydrogens is 338 g/mol. The second kappa shape index (κ2) is 9.15. The lowest BCUT2D eigenvalue weighted by atomic mass is 9.96. The number of rotatable bonds is 5. The average Bonchev–Trinajstić information content (AvgIpc) is 2.68. The molecule has 0 bridgehead atoms. The summed E-state index contributed by atoms with van der Waals surface area (Å²) in [5.41, 5.74) is 2.78. The van der Waals surface area contributed by atoms with Crippen molar-refractivity contribution in [1.82, 2.24) is 10.2 Å². The van der Waals surface area contributed by atoms with Crippen LogP contribution in [0.25, 0.3) is 0 Å². The van der Waals surface area contributed by atoms with Gasteiger partial charge in [-0.1, -0.05) is 74.5 Å². The van der Waals surface area contributed by atoms with Crippen LogP contribution in [0.1, 0.15) is 31.0 Å². The van der Waals surface area contributed by atoms with E-state index in [1.165, 1.54) is 11.1 Å². The Morgan fingerprint density at radius 2 is 1.46 bits per heavy atom. The van der Waals surface area contributed by atoms with E-state index in [1.54, 1.807) is 4.90 Å². The fourth-order valence-electron chi connectivity index (χ4n) is 3.64. The summed E-state index contributed by atoms with van der Waals surface area (Å²) in [5.74, 6) is 0.611. The molecular formula is C22H30N3S+. The molecule has 3 rings (SSSR count). The fourth-order valence-corrected chi connectivity index (χ4v) is 3.91. The molecule has 1 fully saturated rings. The molecule has 2 N–H and O–H groups in total. The van der Waals surface area contributed by atoms with Crippen molar-refractivity contribution in [3.05, 3.63) is 71.8 Å². The van der Waals surface area contributed by atoms with Crippen LogP contribution in [-0.2, 0) is 0 Å². The van der Waals surface area contributed by atoms with Gasteiger partial charge in [0.1, 0.15) is 6.04 Å². The van der Waals surface area contributed by atoms with Gasteiger partial charge in [-0.2, -0.15) is 0 Å². The Morgan fingerprint density at radius 1 is 0.962 bits per heavy atom. The molecule has 26 heavy (non-hydrogen) atoms. The highest BCUT2D eigenvalue weighted by molar-refractivity contribution is 7.80. The Hall–Kier alpha value is -1.91. The molecule has 138 valence electrons. The highest BCUT2D eigenvalue weighted by atomic mass is 32.1. The van der Waals surface area contributed by atoms with Crippen molar-refractivity contribution >= 4 is 17.3 Å². The van der Waals surface area contributed by atoms with Crippen LogP contribution in [0.3, 0.4) is 0 Å². The Labute approximate surface area is 163 Å². The van der Waals surface area contributed by atoms with Gasteiger partial charge in [0.25, 0.3) is 0 Å². The summed E-state index contributed by atoms with van der Waals surface area (Å²) in [6, 6.07) is 22.2. The fraction of sp³-hybridized carbons (Fsp3) is 0.409. The van der Waals surface area contributed by atoms with Crippen LogP contribution in [0.2, 0.25) is 0 Å². The lowest BCUT2D eigenvalue weighted by molar-refractivity contribution is -0.929. The molecule has 1 aliphatic rings.